The fourth-order valence-electron chi connectivity index (χ4n) is 2.39. The molecule has 1 rings (SSSR count). The molecule has 90 valence electrons. The Morgan fingerprint density at radius 1 is 1.20 bits per heavy atom. The minimum Gasteiger partial charge on any atom is -0.330 e. The maximum absolute atomic E-state index is 5.82. The van der Waals surface area contributed by atoms with Crippen LogP contribution in [0, 0.1) is 11.3 Å². The predicted molar refractivity (Wildman–Crippen MR) is 66.9 cm³/mol. The summed E-state index contributed by atoms with van der Waals surface area (Å²) < 4.78 is 0. The molecule has 15 heavy (non-hydrogen) atoms. The summed E-state index contributed by atoms with van der Waals surface area (Å²) in [6, 6.07) is 0. The second-order valence-electron chi connectivity index (χ2n) is 5.50. The van der Waals surface area contributed by atoms with Crippen LogP contribution in [-0.4, -0.2) is 31.1 Å². The topological polar surface area (TPSA) is 29.3 Å². The summed E-state index contributed by atoms with van der Waals surface area (Å²) in [6.07, 6.45) is 5.20. The van der Waals surface area contributed by atoms with Crippen molar-refractivity contribution in [3.8, 4) is 0 Å². The van der Waals surface area contributed by atoms with Gasteiger partial charge in [-0.05, 0) is 43.8 Å². The van der Waals surface area contributed by atoms with Crippen molar-refractivity contribution < 1.29 is 0 Å². The maximum Gasteiger partial charge on any atom is 0.000946 e. The lowest BCUT2D eigenvalue weighted by atomic mass is 9.80. The first kappa shape index (κ1) is 13.0. The van der Waals surface area contributed by atoms with E-state index in [9.17, 15) is 0 Å². The highest BCUT2D eigenvalue weighted by molar-refractivity contribution is 4.83. The van der Waals surface area contributed by atoms with Crippen molar-refractivity contribution in [3.05, 3.63) is 0 Å². The first-order chi connectivity index (χ1) is 7.13. The van der Waals surface area contributed by atoms with Gasteiger partial charge in [-0.2, -0.15) is 0 Å². The van der Waals surface area contributed by atoms with E-state index in [4.69, 9.17) is 5.73 Å². The molecule has 0 unspecified atom stereocenters. The van der Waals surface area contributed by atoms with Gasteiger partial charge in [0.15, 0.2) is 0 Å². The summed E-state index contributed by atoms with van der Waals surface area (Å²) in [6.45, 7) is 11.6. The summed E-state index contributed by atoms with van der Waals surface area (Å²) in [5, 5.41) is 0. The highest BCUT2D eigenvalue weighted by Crippen LogP contribution is 2.29. The van der Waals surface area contributed by atoms with Gasteiger partial charge < -0.3 is 10.6 Å². The molecule has 1 aliphatic rings. The van der Waals surface area contributed by atoms with Crippen molar-refractivity contribution in [1.29, 1.82) is 0 Å². The lowest BCUT2D eigenvalue weighted by Gasteiger charge is -2.39. The molecule has 1 aliphatic heterocycles. The maximum atomic E-state index is 5.82. The number of piperidine rings is 1. The van der Waals surface area contributed by atoms with E-state index in [2.05, 4.69) is 25.7 Å². The van der Waals surface area contributed by atoms with E-state index < -0.39 is 0 Å². The van der Waals surface area contributed by atoms with Crippen molar-refractivity contribution in [3.63, 3.8) is 0 Å². The largest absolute Gasteiger partial charge is 0.330 e. The first-order valence-electron chi connectivity index (χ1n) is 6.56. The highest BCUT2D eigenvalue weighted by Gasteiger charge is 2.28. The van der Waals surface area contributed by atoms with Gasteiger partial charge in [0.2, 0.25) is 0 Å². The number of hydrogen-bond donors (Lipinski definition) is 1. The van der Waals surface area contributed by atoms with Gasteiger partial charge in [0.05, 0.1) is 0 Å². The van der Waals surface area contributed by atoms with E-state index in [1.165, 1.54) is 45.3 Å². The lowest BCUT2D eigenvalue weighted by Crippen LogP contribution is -2.43. The molecule has 2 heteroatoms. The van der Waals surface area contributed by atoms with E-state index in [-0.39, 0.29) is 0 Å². The van der Waals surface area contributed by atoms with Crippen LogP contribution in [0.25, 0.3) is 0 Å². The van der Waals surface area contributed by atoms with Crippen molar-refractivity contribution >= 4 is 0 Å². The van der Waals surface area contributed by atoms with Crippen LogP contribution in [0.1, 0.15) is 46.5 Å². The minimum atomic E-state index is 0.421. The molecule has 1 heterocycles. The molecule has 0 amide bonds. The van der Waals surface area contributed by atoms with Crippen LogP contribution in [-0.2, 0) is 0 Å². The quantitative estimate of drug-likeness (QED) is 0.758. The lowest BCUT2D eigenvalue weighted by molar-refractivity contribution is 0.108. The van der Waals surface area contributed by atoms with Gasteiger partial charge in [0.1, 0.15) is 0 Å². The molecule has 0 atom stereocenters. The molecule has 2 N–H and O–H groups in total. The summed E-state index contributed by atoms with van der Waals surface area (Å²) in [4.78, 5) is 2.63. The van der Waals surface area contributed by atoms with Gasteiger partial charge in [0.25, 0.3) is 0 Å². The van der Waals surface area contributed by atoms with E-state index in [1.807, 2.05) is 0 Å². The number of hydrogen-bond acceptors (Lipinski definition) is 2. The summed E-state index contributed by atoms with van der Waals surface area (Å²) in [5.41, 5.74) is 6.24. The molecular formula is C13H28N2. The van der Waals surface area contributed by atoms with Crippen molar-refractivity contribution in [2.45, 2.75) is 46.5 Å². The first-order valence-corrected chi connectivity index (χ1v) is 6.56. The number of likely N-dealkylation sites (tertiary alicyclic amines) is 1. The second kappa shape index (κ2) is 5.86. The SMILES string of the molecule is CCC(CC)CN1CCC(C)(CN)CC1. The third-order valence-electron chi connectivity index (χ3n) is 4.23. The van der Waals surface area contributed by atoms with Gasteiger partial charge in [-0.25, -0.2) is 0 Å². The molecule has 2 nitrogen and oxygen atoms in total. The third-order valence-corrected chi connectivity index (χ3v) is 4.23. The zero-order valence-electron chi connectivity index (χ0n) is 10.8. The zero-order valence-corrected chi connectivity index (χ0v) is 10.8. The molecule has 0 aromatic heterocycles. The second-order valence-corrected chi connectivity index (χ2v) is 5.50. The Morgan fingerprint density at radius 3 is 2.13 bits per heavy atom. The molecule has 0 bridgehead atoms. The van der Waals surface area contributed by atoms with Gasteiger partial charge in [-0.15, -0.1) is 0 Å². The van der Waals surface area contributed by atoms with Gasteiger partial charge in [-0.1, -0.05) is 33.6 Å². The van der Waals surface area contributed by atoms with Crippen LogP contribution in [0.4, 0.5) is 0 Å². The summed E-state index contributed by atoms with van der Waals surface area (Å²) in [5.74, 6) is 0.896. The predicted octanol–water partition coefficient (Wildman–Crippen LogP) is 2.48. The molecule has 1 saturated heterocycles. The van der Waals surface area contributed by atoms with Crippen molar-refractivity contribution in [1.82, 2.24) is 4.90 Å². The highest BCUT2D eigenvalue weighted by atomic mass is 15.1. The molecule has 0 saturated carbocycles. The zero-order chi connectivity index (χ0) is 11.3. The Labute approximate surface area is 95.2 Å². The van der Waals surface area contributed by atoms with E-state index >= 15 is 0 Å². The van der Waals surface area contributed by atoms with Gasteiger partial charge in [-0.3, -0.25) is 0 Å². The Bertz CT molecular complexity index is 167. The van der Waals surface area contributed by atoms with Crippen LogP contribution in [0.5, 0.6) is 0 Å². The fraction of sp³-hybridized carbons (Fsp3) is 1.00. The fourth-order valence-corrected chi connectivity index (χ4v) is 2.39. The molecule has 0 aromatic carbocycles. The van der Waals surface area contributed by atoms with Gasteiger partial charge in [0, 0.05) is 6.54 Å². The average Bonchev–Trinajstić information content (AvgIpc) is 2.28. The van der Waals surface area contributed by atoms with E-state index in [0.29, 0.717) is 5.41 Å². The smallest absolute Gasteiger partial charge is 0.000946 e. The van der Waals surface area contributed by atoms with E-state index in [0.717, 1.165) is 12.5 Å². The van der Waals surface area contributed by atoms with Crippen LogP contribution in [0.3, 0.4) is 0 Å². The van der Waals surface area contributed by atoms with Crippen LogP contribution in [0.15, 0.2) is 0 Å². The third kappa shape index (κ3) is 3.76. The van der Waals surface area contributed by atoms with Crippen LogP contribution < -0.4 is 5.73 Å². The van der Waals surface area contributed by atoms with Gasteiger partial charge >= 0.3 is 0 Å². The number of nitrogens with zero attached hydrogens (tertiary/aromatic N) is 1. The van der Waals surface area contributed by atoms with Crippen LogP contribution >= 0.6 is 0 Å². The Hall–Kier alpha value is -0.0800. The molecule has 0 radical (unpaired) electrons. The number of rotatable bonds is 5. The Morgan fingerprint density at radius 2 is 1.73 bits per heavy atom. The van der Waals surface area contributed by atoms with E-state index in [1.54, 1.807) is 0 Å². The molecule has 0 aliphatic carbocycles. The molecule has 0 spiro atoms. The Balaban J connectivity index is 2.31. The standard InChI is InChI=1S/C13H28N2/c1-4-12(5-2)10-15-8-6-13(3,11-14)7-9-15/h12H,4-11,14H2,1-3H3. The number of nitrogens with two attached hydrogens (primary N) is 1. The Kier molecular flexibility index (Phi) is 5.07. The molecular weight excluding hydrogens is 184 g/mol. The van der Waals surface area contributed by atoms with Crippen molar-refractivity contribution in [2.24, 2.45) is 17.1 Å². The summed E-state index contributed by atoms with van der Waals surface area (Å²) in [7, 11) is 0. The summed E-state index contributed by atoms with van der Waals surface area (Å²) >= 11 is 0. The monoisotopic (exact) mass is 212 g/mol. The average molecular weight is 212 g/mol. The normalized spacial score (nSPS) is 22.2. The molecule has 0 aromatic rings. The minimum absolute atomic E-state index is 0.421. The van der Waals surface area contributed by atoms with Crippen molar-refractivity contribution in [2.75, 3.05) is 26.2 Å². The molecule has 1 fully saturated rings. The van der Waals surface area contributed by atoms with Crippen LogP contribution in [0.2, 0.25) is 0 Å².